The average Bonchev–Trinajstić information content (AvgIpc) is 1.98. The standard InChI is InChI=1S/C9H17NO2/c1-7(10(5)6-11)8(12)9(2,3)4/h6-7H,1-5H3. The van der Waals surface area contributed by atoms with Crippen molar-refractivity contribution in [2.24, 2.45) is 5.41 Å². The zero-order valence-corrected chi connectivity index (χ0v) is 8.42. The van der Waals surface area contributed by atoms with Gasteiger partial charge in [0.15, 0.2) is 5.78 Å². The second-order valence-electron chi connectivity index (χ2n) is 4.06. The van der Waals surface area contributed by atoms with Crippen molar-refractivity contribution in [1.82, 2.24) is 4.90 Å². The zero-order valence-electron chi connectivity index (χ0n) is 8.42. The first kappa shape index (κ1) is 11.1. The third-order valence-corrected chi connectivity index (χ3v) is 1.90. The van der Waals surface area contributed by atoms with E-state index in [9.17, 15) is 9.59 Å². The molecule has 0 radical (unpaired) electrons. The molecule has 0 saturated carbocycles. The Labute approximate surface area is 73.7 Å². The highest BCUT2D eigenvalue weighted by molar-refractivity contribution is 5.89. The Kier molecular flexibility index (Phi) is 3.43. The van der Waals surface area contributed by atoms with Crippen LogP contribution in [0.2, 0.25) is 0 Å². The summed E-state index contributed by atoms with van der Waals surface area (Å²) in [6, 6.07) is -0.331. The summed E-state index contributed by atoms with van der Waals surface area (Å²) >= 11 is 0. The highest BCUT2D eigenvalue weighted by atomic mass is 16.1. The molecule has 0 aromatic rings. The molecule has 0 aliphatic rings. The van der Waals surface area contributed by atoms with E-state index in [-0.39, 0.29) is 17.2 Å². The maximum Gasteiger partial charge on any atom is 0.210 e. The molecule has 3 heteroatoms. The summed E-state index contributed by atoms with van der Waals surface area (Å²) in [5.41, 5.74) is -0.378. The number of carbonyl (C=O) groups excluding carboxylic acids is 2. The van der Waals surface area contributed by atoms with Crippen LogP contribution in [0, 0.1) is 5.41 Å². The smallest absolute Gasteiger partial charge is 0.210 e. The highest BCUT2D eigenvalue weighted by Crippen LogP contribution is 2.18. The Bertz CT molecular complexity index is 181. The monoisotopic (exact) mass is 171 g/mol. The van der Waals surface area contributed by atoms with Crippen LogP contribution in [-0.2, 0) is 9.59 Å². The molecule has 3 nitrogen and oxygen atoms in total. The van der Waals surface area contributed by atoms with E-state index in [0.717, 1.165) is 0 Å². The predicted molar refractivity (Wildman–Crippen MR) is 47.8 cm³/mol. The molecule has 0 aliphatic heterocycles. The summed E-state index contributed by atoms with van der Waals surface area (Å²) in [6.45, 7) is 7.29. The van der Waals surface area contributed by atoms with E-state index in [1.807, 2.05) is 20.8 Å². The topological polar surface area (TPSA) is 37.4 Å². The van der Waals surface area contributed by atoms with Gasteiger partial charge in [0, 0.05) is 12.5 Å². The van der Waals surface area contributed by atoms with E-state index in [0.29, 0.717) is 6.41 Å². The Morgan fingerprint density at radius 3 is 2.08 bits per heavy atom. The lowest BCUT2D eigenvalue weighted by Crippen LogP contribution is -2.41. The van der Waals surface area contributed by atoms with Gasteiger partial charge in [-0.05, 0) is 6.92 Å². The largest absolute Gasteiger partial charge is 0.339 e. The van der Waals surface area contributed by atoms with Crippen LogP contribution in [0.3, 0.4) is 0 Å². The number of Topliss-reactive ketones (excluding diaryl/α,β-unsaturated/α-hetero) is 1. The molecule has 70 valence electrons. The van der Waals surface area contributed by atoms with Crippen molar-refractivity contribution in [3.8, 4) is 0 Å². The van der Waals surface area contributed by atoms with Crippen molar-refractivity contribution >= 4 is 12.2 Å². The molecule has 0 aromatic heterocycles. The Morgan fingerprint density at radius 1 is 1.42 bits per heavy atom. The summed E-state index contributed by atoms with van der Waals surface area (Å²) in [7, 11) is 1.61. The molecule has 0 rings (SSSR count). The summed E-state index contributed by atoms with van der Waals surface area (Å²) in [5, 5.41) is 0. The van der Waals surface area contributed by atoms with E-state index in [4.69, 9.17) is 0 Å². The normalized spacial score (nSPS) is 13.8. The van der Waals surface area contributed by atoms with Gasteiger partial charge >= 0.3 is 0 Å². The average molecular weight is 171 g/mol. The van der Waals surface area contributed by atoms with Crippen LogP contribution in [-0.4, -0.2) is 30.2 Å². The van der Waals surface area contributed by atoms with Crippen LogP contribution in [0.25, 0.3) is 0 Å². The Hall–Kier alpha value is -0.860. The lowest BCUT2D eigenvalue weighted by Gasteiger charge is -2.26. The van der Waals surface area contributed by atoms with Gasteiger partial charge in [0.25, 0.3) is 0 Å². The highest BCUT2D eigenvalue weighted by Gasteiger charge is 2.28. The molecular formula is C9H17NO2. The quantitative estimate of drug-likeness (QED) is 0.596. The molecule has 12 heavy (non-hydrogen) atoms. The molecule has 0 saturated heterocycles. The fourth-order valence-electron chi connectivity index (χ4n) is 0.903. The number of rotatable bonds is 3. The van der Waals surface area contributed by atoms with Gasteiger partial charge < -0.3 is 4.90 Å². The summed E-state index contributed by atoms with van der Waals surface area (Å²) < 4.78 is 0. The maximum atomic E-state index is 11.6. The maximum absolute atomic E-state index is 11.6. The lowest BCUT2D eigenvalue weighted by molar-refractivity contribution is -0.135. The number of hydrogen-bond acceptors (Lipinski definition) is 2. The second kappa shape index (κ2) is 3.70. The summed E-state index contributed by atoms with van der Waals surface area (Å²) in [4.78, 5) is 23.3. The van der Waals surface area contributed by atoms with Crippen LogP contribution in [0.5, 0.6) is 0 Å². The summed E-state index contributed by atoms with van der Waals surface area (Å²) in [5.74, 6) is 0.0806. The summed E-state index contributed by atoms with van der Waals surface area (Å²) in [6.07, 6.45) is 0.675. The van der Waals surface area contributed by atoms with E-state index >= 15 is 0 Å². The Balaban J connectivity index is 4.40. The van der Waals surface area contributed by atoms with Gasteiger partial charge in [-0.1, -0.05) is 20.8 Å². The molecule has 1 atom stereocenters. The molecular weight excluding hydrogens is 154 g/mol. The second-order valence-corrected chi connectivity index (χ2v) is 4.06. The van der Waals surface area contributed by atoms with Crippen LogP contribution in [0.15, 0.2) is 0 Å². The van der Waals surface area contributed by atoms with Crippen LogP contribution < -0.4 is 0 Å². The van der Waals surface area contributed by atoms with Gasteiger partial charge in [-0.3, -0.25) is 9.59 Å². The third kappa shape index (κ3) is 2.64. The fraction of sp³-hybridized carbons (Fsp3) is 0.778. The number of amides is 1. The molecule has 0 bridgehead atoms. The van der Waals surface area contributed by atoms with Crippen molar-refractivity contribution in [1.29, 1.82) is 0 Å². The molecule has 1 unspecified atom stereocenters. The van der Waals surface area contributed by atoms with Gasteiger partial charge in [0.05, 0.1) is 6.04 Å². The van der Waals surface area contributed by atoms with E-state index in [1.165, 1.54) is 4.90 Å². The minimum absolute atomic E-state index is 0.0806. The molecule has 0 aliphatic carbocycles. The van der Waals surface area contributed by atoms with Gasteiger partial charge in [0.2, 0.25) is 6.41 Å². The minimum Gasteiger partial charge on any atom is -0.339 e. The number of hydrogen-bond donors (Lipinski definition) is 0. The van der Waals surface area contributed by atoms with E-state index in [2.05, 4.69) is 0 Å². The van der Waals surface area contributed by atoms with E-state index < -0.39 is 0 Å². The first-order valence-electron chi connectivity index (χ1n) is 4.02. The predicted octanol–water partition coefficient (Wildman–Crippen LogP) is 1.08. The Morgan fingerprint density at radius 2 is 1.83 bits per heavy atom. The van der Waals surface area contributed by atoms with Crippen molar-refractivity contribution < 1.29 is 9.59 Å². The van der Waals surface area contributed by atoms with Gasteiger partial charge in [0.1, 0.15) is 0 Å². The van der Waals surface area contributed by atoms with Gasteiger partial charge in [-0.25, -0.2) is 0 Å². The number of ketones is 1. The number of carbonyl (C=O) groups is 2. The van der Waals surface area contributed by atoms with Crippen LogP contribution in [0.1, 0.15) is 27.7 Å². The molecule has 0 N–H and O–H groups in total. The van der Waals surface area contributed by atoms with Gasteiger partial charge in [-0.15, -0.1) is 0 Å². The van der Waals surface area contributed by atoms with Crippen LogP contribution in [0.4, 0.5) is 0 Å². The molecule has 0 aromatic carbocycles. The first-order chi connectivity index (χ1) is 5.30. The van der Waals surface area contributed by atoms with Crippen molar-refractivity contribution in [3.05, 3.63) is 0 Å². The molecule has 0 spiro atoms. The van der Waals surface area contributed by atoms with Crippen molar-refractivity contribution in [3.63, 3.8) is 0 Å². The SMILES string of the molecule is CC(C(=O)C(C)(C)C)N(C)C=O. The zero-order chi connectivity index (χ0) is 9.94. The fourth-order valence-corrected chi connectivity index (χ4v) is 0.903. The molecule has 0 fully saturated rings. The van der Waals surface area contributed by atoms with Crippen molar-refractivity contribution in [2.45, 2.75) is 33.7 Å². The molecule has 1 amide bonds. The number of nitrogens with zero attached hydrogens (tertiary/aromatic N) is 1. The minimum atomic E-state index is -0.378. The molecule has 0 heterocycles. The van der Waals surface area contributed by atoms with Crippen molar-refractivity contribution in [2.75, 3.05) is 7.05 Å². The third-order valence-electron chi connectivity index (χ3n) is 1.90. The first-order valence-corrected chi connectivity index (χ1v) is 4.02. The number of likely N-dealkylation sites (N-methyl/N-ethyl adjacent to an activating group) is 1. The van der Waals surface area contributed by atoms with E-state index in [1.54, 1.807) is 14.0 Å². The van der Waals surface area contributed by atoms with Gasteiger partial charge in [-0.2, -0.15) is 0 Å². The van der Waals surface area contributed by atoms with Crippen LogP contribution >= 0.6 is 0 Å². The lowest BCUT2D eigenvalue weighted by atomic mass is 9.87.